The smallest absolute Gasteiger partial charge is 0.159 e. The Hall–Kier alpha value is -3.51. The minimum Gasteiger partial charge on any atom is -0.364 e. The Labute approximate surface area is 285 Å². The molecule has 254 valence electrons. The normalized spacial score (nSPS) is 12.0. The molecule has 0 atom stereocenters. The summed E-state index contributed by atoms with van der Waals surface area (Å²) in [5.74, 6) is 0.101. The minimum absolute atomic E-state index is 0.101. The zero-order valence-corrected chi connectivity index (χ0v) is 31.6. The van der Waals surface area contributed by atoms with Crippen molar-refractivity contribution in [3.8, 4) is 11.3 Å². The lowest BCUT2D eigenvalue weighted by Crippen LogP contribution is -1.97. The van der Waals surface area contributed by atoms with Gasteiger partial charge in [0.15, 0.2) is 5.78 Å². The van der Waals surface area contributed by atoms with Crippen LogP contribution < -0.4 is 0 Å². The van der Waals surface area contributed by atoms with Crippen LogP contribution in [0.4, 0.5) is 0 Å². The van der Waals surface area contributed by atoms with Crippen molar-refractivity contribution in [3.05, 3.63) is 93.4 Å². The summed E-state index contributed by atoms with van der Waals surface area (Å²) in [7, 11) is 0. The molecule has 2 N–H and O–H groups in total. The maximum absolute atomic E-state index is 12.2. The maximum Gasteiger partial charge on any atom is 0.159 e. The molecule has 0 bridgehead atoms. The lowest BCUT2D eigenvalue weighted by atomic mass is 10.0. The Balaban J connectivity index is 0.00000104. The van der Waals surface area contributed by atoms with Gasteiger partial charge in [-0.25, -0.2) is 4.98 Å². The summed E-state index contributed by atoms with van der Waals surface area (Å²) < 4.78 is 0. The predicted octanol–water partition coefficient (Wildman–Crippen LogP) is 12.7. The number of carbonyl (C=O) groups is 1. The molecule has 0 amide bonds. The van der Waals surface area contributed by atoms with Gasteiger partial charge in [0.2, 0.25) is 0 Å². The molecule has 5 nitrogen and oxygen atoms in total. The quantitative estimate of drug-likeness (QED) is 0.161. The molecular formula is C40H62N4OS. The van der Waals surface area contributed by atoms with E-state index in [0.29, 0.717) is 0 Å². The number of ketones is 1. The van der Waals surface area contributed by atoms with E-state index in [1.807, 2.05) is 38.3 Å². The van der Waals surface area contributed by atoms with E-state index in [-0.39, 0.29) is 5.78 Å². The highest BCUT2D eigenvalue weighted by Crippen LogP contribution is 2.40. The van der Waals surface area contributed by atoms with Crippen molar-refractivity contribution >= 4 is 28.8 Å². The van der Waals surface area contributed by atoms with Gasteiger partial charge in [-0.05, 0) is 64.2 Å². The molecule has 1 aliphatic rings. The lowest BCUT2D eigenvalue weighted by molar-refractivity contribution is -0.113. The van der Waals surface area contributed by atoms with E-state index in [9.17, 15) is 4.79 Å². The zero-order valence-electron chi connectivity index (χ0n) is 30.8. The van der Waals surface area contributed by atoms with Crippen LogP contribution >= 0.6 is 11.3 Å². The molecule has 0 saturated heterocycles. The molecular weight excluding hydrogens is 585 g/mol. The number of rotatable bonds is 11. The van der Waals surface area contributed by atoms with E-state index >= 15 is 0 Å². The standard InChI is InChI=1S/C26H30N2OS.C5H8N2.C4H10.C3H8.C2H6/c1-6-8-10-21(19(5)29)14-23(17(3)20-12-13-20)26-28-25(16-30-26)24-15-27-18(4)22(24)11-9-7-2;1-2-5-3-4-6-7-5;1-3-4-2;1-3-2;1-2/h7,9-11,14-16,27H,2,6,8,12-13H2,1,3-5H3;3-4H,2H2,1H3,(H,6,7);3-4H2,1-2H3;3H2,1-2H3;1-2H3/b11-9-,21-10+,23-14+;;;;. The van der Waals surface area contributed by atoms with E-state index < -0.39 is 0 Å². The van der Waals surface area contributed by atoms with Crippen molar-refractivity contribution < 1.29 is 4.79 Å². The van der Waals surface area contributed by atoms with Crippen LogP contribution in [0.3, 0.4) is 0 Å². The van der Waals surface area contributed by atoms with Crippen molar-refractivity contribution in [2.75, 3.05) is 0 Å². The summed E-state index contributed by atoms with van der Waals surface area (Å²) in [6, 6.07) is 1.97. The number of allylic oxidation sites excluding steroid dienone is 8. The number of Topliss-reactive ketones (excluding diaryl/α,β-unsaturated/α-hetero) is 1. The van der Waals surface area contributed by atoms with Gasteiger partial charge < -0.3 is 4.98 Å². The summed E-state index contributed by atoms with van der Waals surface area (Å²) >= 11 is 1.64. The Morgan fingerprint density at radius 1 is 1.04 bits per heavy atom. The zero-order chi connectivity index (χ0) is 34.9. The average molecular weight is 647 g/mol. The van der Waals surface area contributed by atoms with E-state index in [2.05, 4.69) is 94.7 Å². The Kier molecular flexibility index (Phi) is 23.7. The van der Waals surface area contributed by atoms with Crippen LogP contribution in [0.1, 0.15) is 136 Å². The van der Waals surface area contributed by atoms with Crippen LogP contribution in [0.25, 0.3) is 22.9 Å². The topological polar surface area (TPSA) is 74.4 Å². The number of hydrogen-bond donors (Lipinski definition) is 2. The van der Waals surface area contributed by atoms with Crippen LogP contribution in [0.15, 0.2) is 71.4 Å². The minimum atomic E-state index is 0.101. The molecule has 46 heavy (non-hydrogen) atoms. The van der Waals surface area contributed by atoms with E-state index in [4.69, 9.17) is 4.98 Å². The first kappa shape index (κ1) is 42.5. The molecule has 0 spiro atoms. The number of aromatic amines is 2. The molecule has 0 unspecified atom stereocenters. The van der Waals surface area contributed by atoms with Gasteiger partial charge in [0.05, 0.1) is 5.69 Å². The Bertz CT molecular complexity index is 1370. The molecule has 1 fully saturated rings. The third-order valence-electron chi connectivity index (χ3n) is 6.77. The fraction of sp³-hybridized carbons (Fsp3) is 0.475. The summed E-state index contributed by atoms with van der Waals surface area (Å²) in [5.41, 5.74) is 10.0. The van der Waals surface area contributed by atoms with Crippen molar-refractivity contribution in [3.63, 3.8) is 0 Å². The average Bonchev–Trinajstić information content (AvgIpc) is 3.40. The van der Waals surface area contributed by atoms with E-state index in [1.165, 1.54) is 36.1 Å². The van der Waals surface area contributed by atoms with Crippen molar-refractivity contribution in [2.45, 2.75) is 128 Å². The molecule has 3 aromatic rings. The van der Waals surface area contributed by atoms with Gasteiger partial charge in [-0.3, -0.25) is 9.89 Å². The van der Waals surface area contributed by atoms with Crippen molar-refractivity contribution in [1.29, 1.82) is 0 Å². The highest BCUT2D eigenvalue weighted by atomic mass is 32.1. The first-order chi connectivity index (χ1) is 22.2. The summed E-state index contributed by atoms with van der Waals surface area (Å²) in [6.07, 6.45) is 22.8. The van der Waals surface area contributed by atoms with E-state index in [0.717, 1.165) is 70.8 Å². The molecule has 3 heterocycles. The fourth-order valence-corrected chi connectivity index (χ4v) is 4.74. The molecule has 1 aliphatic carbocycles. The van der Waals surface area contributed by atoms with Crippen LogP contribution in [0, 0.1) is 6.92 Å². The highest BCUT2D eigenvalue weighted by Gasteiger charge is 2.21. The second kappa shape index (κ2) is 25.7. The number of H-pyrrole nitrogens is 2. The first-order valence-corrected chi connectivity index (χ1v) is 18.1. The lowest BCUT2D eigenvalue weighted by Gasteiger charge is -2.07. The van der Waals surface area contributed by atoms with Crippen molar-refractivity contribution in [1.82, 2.24) is 20.2 Å². The van der Waals surface area contributed by atoms with Crippen molar-refractivity contribution in [2.24, 2.45) is 0 Å². The molecule has 0 aromatic carbocycles. The Morgan fingerprint density at radius 3 is 2.15 bits per heavy atom. The largest absolute Gasteiger partial charge is 0.364 e. The molecule has 1 saturated carbocycles. The number of aromatic nitrogens is 4. The van der Waals surface area contributed by atoms with Crippen LogP contribution in [0.2, 0.25) is 0 Å². The predicted molar refractivity (Wildman–Crippen MR) is 205 cm³/mol. The monoisotopic (exact) mass is 646 g/mol. The number of nitrogens with zero attached hydrogens (tertiary/aromatic N) is 2. The third kappa shape index (κ3) is 15.7. The number of unbranched alkanes of at least 4 members (excludes halogenated alkanes) is 2. The fourth-order valence-electron chi connectivity index (χ4n) is 3.85. The van der Waals surface area contributed by atoms with Gasteiger partial charge in [-0.1, -0.05) is 118 Å². The highest BCUT2D eigenvalue weighted by molar-refractivity contribution is 7.11. The molecule has 4 rings (SSSR count). The summed E-state index contributed by atoms with van der Waals surface area (Å²) in [6.45, 7) is 26.5. The molecule has 0 aliphatic heterocycles. The van der Waals surface area contributed by atoms with Gasteiger partial charge in [-0.15, -0.1) is 11.3 Å². The van der Waals surface area contributed by atoms with Gasteiger partial charge in [0.25, 0.3) is 0 Å². The van der Waals surface area contributed by atoms with Gasteiger partial charge >= 0.3 is 0 Å². The third-order valence-corrected chi connectivity index (χ3v) is 7.65. The molecule has 3 aromatic heterocycles. The molecule has 0 radical (unpaired) electrons. The SMILES string of the molecule is C=C/C=C\c1c(-c2csc(/C(=C/C(=C\CCC)C(C)=O)C(C)=C3CC3)n2)c[nH]c1C.CC.CCC.CCCC.CCc1ccn[nH]1. The number of aryl methyl sites for hydroxylation is 2. The van der Waals surface area contributed by atoms with Gasteiger partial charge in [-0.2, -0.15) is 5.10 Å². The maximum atomic E-state index is 12.2. The van der Waals surface area contributed by atoms with Gasteiger partial charge in [0.1, 0.15) is 5.01 Å². The summed E-state index contributed by atoms with van der Waals surface area (Å²) in [5, 5.41) is 9.67. The van der Waals surface area contributed by atoms with Gasteiger partial charge in [0, 0.05) is 51.4 Å². The first-order valence-electron chi connectivity index (χ1n) is 17.3. The Morgan fingerprint density at radius 2 is 1.70 bits per heavy atom. The second-order valence-corrected chi connectivity index (χ2v) is 11.7. The van der Waals surface area contributed by atoms with Crippen LogP contribution in [-0.4, -0.2) is 25.9 Å². The van der Waals surface area contributed by atoms with E-state index in [1.54, 1.807) is 30.5 Å². The second-order valence-electron chi connectivity index (χ2n) is 10.8. The molecule has 6 heteroatoms. The number of hydrogen-bond acceptors (Lipinski definition) is 4. The number of thiazole rings is 1. The number of carbonyl (C=O) groups excluding carboxylic acids is 1. The van der Waals surface area contributed by atoms with Crippen LogP contribution in [0.5, 0.6) is 0 Å². The van der Waals surface area contributed by atoms with Crippen LogP contribution in [-0.2, 0) is 11.2 Å². The summed E-state index contributed by atoms with van der Waals surface area (Å²) in [4.78, 5) is 20.5. The number of nitrogens with one attached hydrogen (secondary N) is 2.